The number of hydrogen-bond donors (Lipinski definition) is 1. The van der Waals surface area contributed by atoms with Crippen LogP contribution in [0, 0.1) is 5.92 Å². The van der Waals surface area contributed by atoms with Crippen molar-refractivity contribution >= 4 is 23.7 Å². The SMILES string of the molecule is CNCC1CCCN(Cc2csc(C(C)(C)C)n2)C1.Cl. The van der Waals surface area contributed by atoms with Crippen molar-refractivity contribution in [2.45, 2.75) is 45.6 Å². The van der Waals surface area contributed by atoms with Crippen LogP contribution in [0.2, 0.25) is 0 Å². The van der Waals surface area contributed by atoms with Crippen molar-refractivity contribution in [3.8, 4) is 0 Å². The molecule has 2 heterocycles. The fraction of sp³-hybridized carbons (Fsp3) is 0.800. The van der Waals surface area contributed by atoms with Gasteiger partial charge in [0.25, 0.3) is 0 Å². The molecule has 1 N–H and O–H groups in total. The Kier molecular flexibility index (Phi) is 6.92. The number of nitrogens with zero attached hydrogens (tertiary/aromatic N) is 2. The Morgan fingerprint density at radius 2 is 2.20 bits per heavy atom. The second-order valence-electron chi connectivity index (χ2n) is 6.70. The van der Waals surface area contributed by atoms with E-state index in [2.05, 4.69) is 43.4 Å². The first-order valence-electron chi connectivity index (χ1n) is 7.31. The van der Waals surface area contributed by atoms with Crippen LogP contribution in [0.25, 0.3) is 0 Å². The first-order chi connectivity index (χ1) is 8.99. The van der Waals surface area contributed by atoms with Crippen LogP contribution in [0.4, 0.5) is 0 Å². The molecule has 1 aromatic rings. The summed E-state index contributed by atoms with van der Waals surface area (Å²) in [6.07, 6.45) is 2.68. The fourth-order valence-electron chi connectivity index (χ4n) is 2.70. The molecule has 5 heteroatoms. The summed E-state index contributed by atoms with van der Waals surface area (Å²) in [4.78, 5) is 7.37. The molecule has 0 spiro atoms. The summed E-state index contributed by atoms with van der Waals surface area (Å²) in [5, 5.41) is 6.80. The second-order valence-corrected chi connectivity index (χ2v) is 7.55. The highest BCUT2D eigenvalue weighted by molar-refractivity contribution is 7.09. The van der Waals surface area contributed by atoms with Gasteiger partial charge in [-0.3, -0.25) is 4.90 Å². The lowest BCUT2D eigenvalue weighted by Gasteiger charge is -2.32. The van der Waals surface area contributed by atoms with Crippen LogP contribution in [0.3, 0.4) is 0 Å². The molecule has 0 aromatic carbocycles. The van der Waals surface area contributed by atoms with Gasteiger partial charge in [-0.1, -0.05) is 20.8 Å². The molecular formula is C15H28ClN3S. The molecule has 1 saturated heterocycles. The van der Waals surface area contributed by atoms with E-state index >= 15 is 0 Å². The van der Waals surface area contributed by atoms with Crippen LogP contribution in [0.1, 0.15) is 44.3 Å². The van der Waals surface area contributed by atoms with Crippen molar-refractivity contribution in [3.05, 3.63) is 16.1 Å². The molecule has 0 saturated carbocycles. The third-order valence-electron chi connectivity index (χ3n) is 3.67. The number of aromatic nitrogens is 1. The Balaban J connectivity index is 0.00000200. The van der Waals surface area contributed by atoms with Gasteiger partial charge in [0.1, 0.15) is 0 Å². The Bertz CT molecular complexity index is 398. The number of thiazole rings is 1. The molecular weight excluding hydrogens is 290 g/mol. The van der Waals surface area contributed by atoms with E-state index < -0.39 is 0 Å². The fourth-order valence-corrected chi connectivity index (χ4v) is 3.60. The van der Waals surface area contributed by atoms with Gasteiger partial charge in [-0.25, -0.2) is 4.98 Å². The van der Waals surface area contributed by atoms with Crippen molar-refractivity contribution < 1.29 is 0 Å². The van der Waals surface area contributed by atoms with Crippen LogP contribution in [0.5, 0.6) is 0 Å². The van der Waals surface area contributed by atoms with Gasteiger partial charge in [-0.15, -0.1) is 23.7 Å². The normalized spacial score (nSPS) is 20.7. The molecule has 1 atom stereocenters. The number of likely N-dealkylation sites (tertiary alicyclic amines) is 1. The molecule has 1 aliphatic heterocycles. The summed E-state index contributed by atoms with van der Waals surface area (Å²) in [6, 6.07) is 0. The van der Waals surface area contributed by atoms with E-state index in [9.17, 15) is 0 Å². The highest BCUT2D eigenvalue weighted by Gasteiger charge is 2.22. The lowest BCUT2D eigenvalue weighted by molar-refractivity contribution is 0.165. The first-order valence-corrected chi connectivity index (χ1v) is 8.19. The van der Waals surface area contributed by atoms with E-state index in [0.717, 1.165) is 19.0 Å². The molecule has 0 amide bonds. The Morgan fingerprint density at radius 1 is 1.45 bits per heavy atom. The average Bonchev–Trinajstić information content (AvgIpc) is 2.78. The van der Waals surface area contributed by atoms with Gasteiger partial charge >= 0.3 is 0 Å². The van der Waals surface area contributed by atoms with Crippen molar-refractivity contribution in [2.75, 3.05) is 26.7 Å². The van der Waals surface area contributed by atoms with E-state index in [1.165, 1.54) is 36.6 Å². The molecule has 1 fully saturated rings. The van der Waals surface area contributed by atoms with Crippen molar-refractivity contribution in [3.63, 3.8) is 0 Å². The number of piperidine rings is 1. The molecule has 1 aromatic heterocycles. The molecule has 1 unspecified atom stereocenters. The van der Waals surface area contributed by atoms with Gasteiger partial charge in [0.15, 0.2) is 0 Å². The smallest absolute Gasteiger partial charge is 0.0982 e. The molecule has 0 aliphatic carbocycles. The van der Waals surface area contributed by atoms with Crippen LogP contribution >= 0.6 is 23.7 Å². The van der Waals surface area contributed by atoms with Crippen LogP contribution in [-0.4, -0.2) is 36.6 Å². The summed E-state index contributed by atoms with van der Waals surface area (Å²) >= 11 is 1.81. The van der Waals surface area contributed by atoms with Gasteiger partial charge in [-0.2, -0.15) is 0 Å². The number of nitrogens with one attached hydrogen (secondary N) is 1. The number of hydrogen-bond acceptors (Lipinski definition) is 4. The summed E-state index contributed by atoms with van der Waals surface area (Å²) in [5.41, 5.74) is 1.43. The van der Waals surface area contributed by atoms with Crippen molar-refractivity contribution in [2.24, 2.45) is 5.92 Å². The van der Waals surface area contributed by atoms with Gasteiger partial charge in [0, 0.05) is 23.9 Å². The minimum atomic E-state index is 0. The van der Waals surface area contributed by atoms with Gasteiger partial charge in [0.05, 0.1) is 10.7 Å². The van der Waals surface area contributed by atoms with E-state index in [0.29, 0.717) is 0 Å². The highest BCUT2D eigenvalue weighted by Crippen LogP contribution is 2.26. The minimum Gasteiger partial charge on any atom is -0.319 e. The predicted molar refractivity (Wildman–Crippen MR) is 90.0 cm³/mol. The zero-order valence-corrected chi connectivity index (χ0v) is 14.7. The maximum atomic E-state index is 4.81. The summed E-state index contributed by atoms with van der Waals surface area (Å²) in [6.45, 7) is 11.3. The Morgan fingerprint density at radius 3 is 2.80 bits per heavy atom. The van der Waals surface area contributed by atoms with Crippen LogP contribution in [0.15, 0.2) is 5.38 Å². The standard InChI is InChI=1S/C15H27N3S.ClH/c1-15(2,3)14-17-13(11-19-14)10-18-7-5-6-12(9-18)8-16-4;/h11-12,16H,5-10H2,1-4H3;1H. The van der Waals surface area contributed by atoms with Crippen molar-refractivity contribution in [1.82, 2.24) is 15.2 Å². The van der Waals surface area contributed by atoms with Gasteiger partial charge in [0.2, 0.25) is 0 Å². The molecule has 1 aliphatic rings. The molecule has 0 radical (unpaired) electrons. The van der Waals surface area contributed by atoms with E-state index in [1.54, 1.807) is 11.3 Å². The molecule has 20 heavy (non-hydrogen) atoms. The maximum absolute atomic E-state index is 4.81. The lowest BCUT2D eigenvalue weighted by atomic mass is 9.97. The lowest BCUT2D eigenvalue weighted by Crippen LogP contribution is -2.38. The summed E-state index contributed by atoms with van der Waals surface area (Å²) in [7, 11) is 2.05. The molecule has 116 valence electrons. The molecule has 3 nitrogen and oxygen atoms in total. The third kappa shape index (κ3) is 4.99. The first kappa shape index (κ1) is 17.9. The third-order valence-corrected chi connectivity index (χ3v) is 4.99. The van der Waals surface area contributed by atoms with E-state index in [-0.39, 0.29) is 17.8 Å². The van der Waals surface area contributed by atoms with Crippen LogP contribution < -0.4 is 5.32 Å². The minimum absolute atomic E-state index is 0. The average molecular weight is 318 g/mol. The van der Waals surface area contributed by atoms with Gasteiger partial charge in [-0.05, 0) is 38.9 Å². The van der Waals surface area contributed by atoms with E-state index in [1.807, 2.05) is 0 Å². The predicted octanol–water partition coefficient (Wildman–Crippen LogP) is 3.29. The Labute approximate surface area is 133 Å². The molecule has 2 rings (SSSR count). The van der Waals surface area contributed by atoms with Crippen molar-refractivity contribution in [1.29, 1.82) is 0 Å². The zero-order valence-electron chi connectivity index (χ0n) is 13.1. The van der Waals surface area contributed by atoms with E-state index in [4.69, 9.17) is 4.98 Å². The monoisotopic (exact) mass is 317 g/mol. The Hall–Kier alpha value is -0.160. The highest BCUT2D eigenvalue weighted by atomic mass is 35.5. The quantitative estimate of drug-likeness (QED) is 0.923. The topological polar surface area (TPSA) is 28.2 Å². The summed E-state index contributed by atoms with van der Waals surface area (Å²) in [5.74, 6) is 0.805. The summed E-state index contributed by atoms with van der Waals surface area (Å²) < 4.78 is 0. The zero-order chi connectivity index (χ0) is 13.9. The maximum Gasteiger partial charge on any atom is 0.0982 e. The number of rotatable bonds is 4. The van der Waals surface area contributed by atoms with Gasteiger partial charge < -0.3 is 5.32 Å². The van der Waals surface area contributed by atoms with Crippen LogP contribution in [-0.2, 0) is 12.0 Å². The number of halogens is 1. The second kappa shape index (κ2) is 7.74. The molecule has 0 bridgehead atoms. The largest absolute Gasteiger partial charge is 0.319 e.